The number of nitrogens with two attached hydrogens (primary N) is 1. The van der Waals surface area contributed by atoms with Crippen molar-refractivity contribution in [3.8, 4) is 5.88 Å². The van der Waals surface area contributed by atoms with E-state index in [4.69, 9.17) is 10.5 Å². The summed E-state index contributed by atoms with van der Waals surface area (Å²) in [6.07, 6.45) is 5.31. The van der Waals surface area contributed by atoms with Gasteiger partial charge in [-0.05, 0) is 25.0 Å². The molecule has 2 rings (SSSR count). The van der Waals surface area contributed by atoms with E-state index in [-0.39, 0.29) is 0 Å². The Morgan fingerprint density at radius 1 is 1.40 bits per heavy atom. The summed E-state index contributed by atoms with van der Waals surface area (Å²) in [5.41, 5.74) is 6.32. The number of methoxy groups -OCH3 is 1. The summed E-state index contributed by atoms with van der Waals surface area (Å²) in [6, 6.07) is 3.84. The zero-order valence-electron chi connectivity index (χ0n) is 8.90. The van der Waals surface area contributed by atoms with Crippen LogP contribution in [0.25, 0.3) is 0 Å². The fourth-order valence-electron chi connectivity index (χ4n) is 1.84. The molecule has 1 aromatic rings. The Bertz CT molecular complexity index is 337. The molecule has 1 heterocycles. The Kier molecular flexibility index (Phi) is 3.36. The molecule has 0 spiro atoms. The Hall–Kier alpha value is -0.900. The molecular formula is C11H16N2OS. The van der Waals surface area contributed by atoms with E-state index in [1.165, 1.54) is 25.7 Å². The second kappa shape index (κ2) is 4.75. The van der Waals surface area contributed by atoms with Crippen LogP contribution < -0.4 is 10.5 Å². The monoisotopic (exact) mass is 224 g/mol. The Morgan fingerprint density at radius 3 is 2.80 bits per heavy atom. The van der Waals surface area contributed by atoms with E-state index in [0.717, 1.165) is 10.3 Å². The highest BCUT2D eigenvalue weighted by Gasteiger charge is 2.17. The van der Waals surface area contributed by atoms with Crippen LogP contribution in [0.1, 0.15) is 25.7 Å². The zero-order chi connectivity index (χ0) is 10.7. The van der Waals surface area contributed by atoms with Crippen LogP contribution in [0.2, 0.25) is 0 Å². The van der Waals surface area contributed by atoms with Gasteiger partial charge in [0.15, 0.2) is 0 Å². The van der Waals surface area contributed by atoms with E-state index in [2.05, 4.69) is 4.98 Å². The molecule has 1 saturated carbocycles. The van der Waals surface area contributed by atoms with E-state index in [0.29, 0.717) is 11.6 Å². The van der Waals surface area contributed by atoms with E-state index in [1.54, 1.807) is 7.11 Å². The van der Waals surface area contributed by atoms with Crippen LogP contribution in [0.15, 0.2) is 17.2 Å². The lowest BCUT2D eigenvalue weighted by Gasteiger charge is -2.09. The lowest BCUT2D eigenvalue weighted by Crippen LogP contribution is -1.98. The second-order valence-corrected chi connectivity index (χ2v) is 5.09. The second-order valence-electron chi connectivity index (χ2n) is 3.77. The normalized spacial score (nSPS) is 16.9. The number of anilines is 1. The number of nitrogens with zero attached hydrogens (tertiary/aromatic N) is 1. The van der Waals surface area contributed by atoms with Crippen molar-refractivity contribution in [1.29, 1.82) is 0 Å². The average molecular weight is 224 g/mol. The van der Waals surface area contributed by atoms with Gasteiger partial charge in [-0.15, -0.1) is 11.8 Å². The van der Waals surface area contributed by atoms with Crippen LogP contribution in [0.3, 0.4) is 0 Å². The first-order valence-electron chi connectivity index (χ1n) is 5.27. The summed E-state index contributed by atoms with van der Waals surface area (Å²) in [4.78, 5) is 4.37. The molecule has 1 fully saturated rings. The van der Waals surface area contributed by atoms with Crippen LogP contribution in [0, 0.1) is 0 Å². The minimum absolute atomic E-state index is 0.540. The van der Waals surface area contributed by atoms with Crippen molar-refractivity contribution < 1.29 is 4.74 Å². The molecule has 0 unspecified atom stereocenters. The smallest absolute Gasteiger partial charge is 0.237 e. The molecule has 0 saturated heterocycles. The summed E-state index contributed by atoms with van der Waals surface area (Å²) >= 11 is 1.84. The number of ether oxygens (including phenoxy) is 1. The first-order chi connectivity index (χ1) is 7.29. The van der Waals surface area contributed by atoms with Gasteiger partial charge in [0.2, 0.25) is 5.88 Å². The summed E-state index contributed by atoms with van der Waals surface area (Å²) in [5.74, 6) is 0.540. The topological polar surface area (TPSA) is 48.1 Å². The molecule has 0 bridgehead atoms. The van der Waals surface area contributed by atoms with Gasteiger partial charge in [-0.2, -0.15) is 0 Å². The minimum atomic E-state index is 0.540. The molecule has 0 aromatic carbocycles. The molecule has 0 aliphatic heterocycles. The maximum Gasteiger partial charge on any atom is 0.237 e. The van der Waals surface area contributed by atoms with Crippen LogP contribution in [-0.2, 0) is 0 Å². The standard InChI is InChI=1S/C11H16N2OS/c1-14-11-9(12)6-7-10(13-11)15-8-4-2-3-5-8/h6-8H,2-5,12H2,1H3. The number of hydrogen-bond acceptors (Lipinski definition) is 4. The third-order valence-corrected chi connectivity index (χ3v) is 3.92. The number of aromatic nitrogens is 1. The summed E-state index contributed by atoms with van der Waals surface area (Å²) in [6.45, 7) is 0. The maximum atomic E-state index is 5.71. The molecule has 3 nitrogen and oxygen atoms in total. The van der Waals surface area contributed by atoms with Gasteiger partial charge in [0.05, 0.1) is 12.8 Å². The highest BCUT2D eigenvalue weighted by atomic mass is 32.2. The van der Waals surface area contributed by atoms with E-state index in [9.17, 15) is 0 Å². The molecule has 0 atom stereocenters. The first kappa shape index (κ1) is 10.6. The fraction of sp³-hybridized carbons (Fsp3) is 0.545. The number of thioether (sulfide) groups is 1. The molecule has 82 valence electrons. The minimum Gasteiger partial charge on any atom is -0.480 e. The molecule has 0 radical (unpaired) electrons. The highest BCUT2D eigenvalue weighted by Crippen LogP contribution is 2.35. The van der Waals surface area contributed by atoms with Crippen molar-refractivity contribution in [1.82, 2.24) is 4.98 Å². The molecule has 1 aromatic heterocycles. The quantitative estimate of drug-likeness (QED) is 0.857. The van der Waals surface area contributed by atoms with Gasteiger partial charge in [0, 0.05) is 5.25 Å². The maximum absolute atomic E-state index is 5.71. The van der Waals surface area contributed by atoms with Crippen LogP contribution in [0.5, 0.6) is 5.88 Å². The van der Waals surface area contributed by atoms with Crippen LogP contribution >= 0.6 is 11.8 Å². The van der Waals surface area contributed by atoms with E-state index >= 15 is 0 Å². The molecule has 1 aliphatic rings. The highest BCUT2D eigenvalue weighted by molar-refractivity contribution is 7.99. The molecule has 15 heavy (non-hydrogen) atoms. The van der Waals surface area contributed by atoms with Crippen molar-refractivity contribution >= 4 is 17.4 Å². The van der Waals surface area contributed by atoms with Crippen molar-refractivity contribution in [3.05, 3.63) is 12.1 Å². The molecule has 1 aliphatic carbocycles. The van der Waals surface area contributed by atoms with Gasteiger partial charge in [-0.3, -0.25) is 0 Å². The molecule has 4 heteroatoms. The van der Waals surface area contributed by atoms with Crippen molar-refractivity contribution in [3.63, 3.8) is 0 Å². The Morgan fingerprint density at radius 2 is 2.13 bits per heavy atom. The summed E-state index contributed by atoms with van der Waals surface area (Å²) in [7, 11) is 1.60. The van der Waals surface area contributed by atoms with Crippen LogP contribution in [0.4, 0.5) is 5.69 Å². The Labute approximate surface area is 94.4 Å². The average Bonchev–Trinajstić information content (AvgIpc) is 2.73. The van der Waals surface area contributed by atoms with Gasteiger partial charge in [0.25, 0.3) is 0 Å². The third-order valence-electron chi connectivity index (χ3n) is 2.65. The van der Waals surface area contributed by atoms with E-state index < -0.39 is 0 Å². The van der Waals surface area contributed by atoms with Gasteiger partial charge >= 0.3 is 0 Å². The first-order valence-corrected chi connectivity index (χ1v) is 6.14. The summed E-state index contributed by atoms with van der Waals surface area (Å²) in [5, 5.41) is 1.75. The van der Waals surface area contributed by atoms with Crippen molar-refractivity contribution in [2.45, 2.75) is 36.0 Å². The molecular weight excluding hydrogens is 208 g/mol. The zero-order valence-corrected chi connectivity index (χ0v) is 9.72. The Balaban J connectivity index is 2.07. The van der Waals surface area contributed by atoms with Crippen LogP contribution in [-0.4, -0.2) is 17.3 Å². The summed E-state index contributed by atoms with van der Waals surface area (Å²) < 4.78 is 5.10. The largest absolute Gasteiger partial charge is 0.480 e. The van der Waals surface area contributed by atoms with Crippen molar-refractivity contribution in [2.75, 3.05) is 12.8 Å². The number of nitrogen functional groups attached to an aromatic ring is 1. The number of hydrogen-bond donors (Lipinski definition) is 1. The lowest BCUT2D eigenvalue weighted by molar-refractivity contribution is 0.397. The SMILES string of the molecule is COc1nc(SC2CCCC2)ccc1N. The predicted molar refractivity (Wildman–Crippen MR) is 63.3 cm³/mol. The van der Waals surface area contributed by atoms with Gasteiger partial charge in [-0.1, -0.05) is 12.8 Å². The van der Waals surface area contributed by atoms with Crippen molar-refractivity contribution in [2.24, 2.45) is 0 Å². The van der Waals surface area contributed by atoms with Gasteiger partial charge in [-0.25, -0.2) is 4.98 Å². The number of pyridine rings is 1. The molecule has 2 N–H and O–H groups in total. The lowest BCUT2D eigenvalue weighted by atomic mass is 10.4. The van der Waals surface area contributed by atoms with E-state index in [1.807, 2.05) is 23.9 Å². The molecule has 0 amide bonds. The predicted octanol–water partition coefficient (Wildman–Crippen LogP) is 2.71. The van der Waals surface area contributed by atoms with Gasteiger partial charge in [0.1, 0.15) is 5.03 Å². The third kappa shape index (κ3) is 2.56. The number of rotatable bonds is 3. The van der Waals surface area contributed by atoms with Gasteiger partial charge < -0.3 is 10.5 Å². The fourth-order valence-corrected chi connectivity index (χ4v) is 3.03.